The normalized spacial score (nSPS) is 17.7. The highest BCUT2D eigenvalue weighted by atomic mass is 19.4. The summed E-state index contributed by atoms with van der Waals surface area (Å²) in [5, 5.41) is 7.49. The zero-order valence-electron chi connectivity index (χ0n) is 9.18. The molecule has 1 atom stereocenters. The molecular weight excluding hydrogens is 370 g/mol. The Morgan fingerprint density at radius 1 is 0.591 bits per heavy atom. The molecule has 0 bridgehead atoms. The van der Waals surface area contributed by atoms with Crippen LogP contribution in [0.25, 0.3) is 0 Å². The molecule has 0 aromatic carbocycles. The topological polar surface area (TPSA) is 29.5 Å². The van der Waals surface area contributed by atoms with E-state index in [1.165, 1.54) is 4.74 Å². The summed E-state index contributed by atoms with van der Waals surface area (Å²) < 4.78 is 157. The third-order valence-electron chi connectivity index (χ3n) is 1.74. The minimum absolute atomic E-state index is 0. The van der Waals surface area contributed by atoms with Crippen molar-refractivity contribution in [3.63, 3.8) is 0 Å². The van der Waals surface area contributed by atoms with E-state index in [0.717, 1.165) is 0 Å². The van der Waals surface area contributed by atoms with Crippen LogP contribution in [0, 0.1) is 0 Å². The number of ether oxygens (including phenoxy) is 1. The van der Waals surface area contributed by atoms with Crippen LogP contribution in [0.4, 0.5) is 61.8 Å². The Kier molecular flexibility index (Phi) is 5.84. The van der Waals surface area contributed by atoms with Gasteiger partial charge < -0.3 is 5.11 Å². The standard InChI is InChI=1S/C6HF13O2.FH/c7-1(8,3(10,11)12)6(18,19)21-2(9,4(13,14)15)5(16,17)20;/h20H;1H. The number of aliphatic hydroxyl groups is 1. The molecule has 0 fully saturated rings. The fraction of sp³-hybridized carbons (Fsp3) is 1.00. The second kappa shape index (κ2) is 5.54. The minimum atomic E-state index is -7.46. The first-order valence-corrected chi connectivity index (χ1v) is 4.09. The SMILES string of the molecule is F.OC(F)(F)C(F)(OC(F)(F)C(F)(F)C(F)(F)F)C(F)(F)F. The van der Waals surface area contributed by atoms with E-state index in [0.29, 0.717) is 0 Å². The lowest BCUT2D eigenvalue weighted by atomic mass is 10.2. The molecule has 1 N–H and O–H groups in total. The van der Waals surface area contributed by atoms with Crippen molar-refractivity contribution in [1.82, 2.24) is 0 Å². The third kappa shape index (κ3) is 3.64. The van der Waals surface area contributed by atoms with Gasteiger partial charge in [0.1, 0.15) is 0 Å². The summed E-state index contributed by atoms with van der Waals surface area (Å²) in [7, 11) is 0. The molecule has 0 radical (unpaired) electrons. The van der Waals surface area contributed by atoms with Gasteiger partial charge in [0.2, 0.25) is 0 Å². The molecule has 0 aliphatic rings. The van der Waals surface area contributed by atoms with Gasteiger partial charge in [0.15, 0.2) is 0 Å². The molecule has 0 heterocycles. The average molecular weight is 372 g/mol. The van der Waals surface area contributed by atoms with E-state index in [-0.39, 0.29) is 4.70 Å². The highest BCUT2D eigenvalue weighted by molar-refractivity contribution is 4.92. The fourth-order valence-corrected chi connectivity index (χ4v) is 0.696. The van der Waals surface area contributed by atoms with Gasteiger partial charge in [0.05, 0.1) is 0 Å². The molecule has 0 amide bonds. The largest absolute Gasteiger partial charge is 0.462 e. The summed E-state index contributed by atoms with van der Waals surface area (Å²) in [6.45, 7) is 0. The summed E-state index contributed by atoms with van der Waals surface area (Å²) in [5.74, 6) is -14.7. The van der Waals surface area contributed by atoms with Gasteiger partial charge in [-0.1, -0.05) is 0 Å². The lowest BCUT2D eigenvalue weighted by Crippen LogP contribution is -2.64. The molecule has 1 unspecified atom stereocenters. The monoisotopic (exact) mass is 372 g/mol. The lowest BCUT2D eigenvalue weighted by molar-refractivity contribution is -0.529. The van der Waals surface area contributed by atoms with Gasteiger partial charge in [-0.25, -0.2) is 0 Å². The number of alkyl halides is 13. The van der Waals surface area contributed by atoms with Crippen molar-refractivity contribution < 1.29 is 71.6 Å². The van der Waals surface area contributed by atoms with E-state index < -0.39 is 36.3 Å². The maximum Gasteiger partial charge on any atom is 0.462 e. The smallest absolute Gasteiger partial charge is 0.331 e. The Balaban J connectivity index is 0. The van der Waals surface area contributed by atoms with Gasteiger partial charge >= 0.3 is 36.3 Å². The minimum Gasteiger partial charge on any atom is -0.331 e. The predicted octanol–water partition coefficient (Wildman–Crippen LogP) is 3.76. The molecule has 16 heteroatoms. The zero-order chi connectivity index (χ0) is 17.7. The second-order valence-electron chi connectivity index (χ2n) is 3.33. The Bertz CT molecular complexity index is 360. The van der Waals surface area contributed by atoms with Gasteiger partial charge in [-0.3, -0.25) is 9.44 Å². The van der Waals surface area contributed by atoms with Crippen LogP contribution in [-0.2, 0) is 4.74 Å². The molecule has 0 aromatic heterocycles. The van der Waals surface area contributed by atoms with Crippen LogP contribution >= 0.6 is 0 Å². The molecule has 0 aliphatic heterocycles. The van der Waals surface area contributed by atoms with Crippen molar-refractivity contribution in [1.29, 1.82) is 0 Å². The maximum atomic E-state index is 12.7. The van der Waals surface area contributed by atoms with Gasteiger partial charge in [-0.05, 0) is 0 Å². The van der Waals surface area contributed by atoms with Crippen LogP contribution in [0.2, 0.25) is 0 Å². The van der Waals surface area contributed by atoms with E-state index in [2.05, 4.69) is 0 Å². The van der Waals surface area contributed by atoms with Crippen molar-refractivity contribution in [3.05, 3.63) is 0 Å². The quantitative estimate of drug-likeness (QED) is 0.762. The van der Waals surface area contributed by atoms with Gasteiger partial charge in [-0.15, -0.1) is 0 Å². The van der Waals surface area contributed by atoms with Crippen LogP contribution in [0.5, 0.6) is 0 Å². The van der Waals surface area contributed by atoms with Gasteiger partial charge in [0, 0.05) is 0 Å². The molecule has 0 saturated heterocycles. The molecule has 0 saturated carbocycles. The van der Waals surface area contributed by atoms with Gasteiger partial charge in [-0.2, -0.15) is 57.1 Å². The first-order chi connectivity index (χ1) is 8.71. The van der Waals surface area contributed by atoms with Gasteiger partial charge in [0.25, 0.3) is 0 Å². The highest BCUT2D eigenvalue weighted by Crippen LogP contribution is 2.53. The first kappa shape index (κ1) is 23.2. The van der Waals surface area contributed by atoms with Crippen LogP contribution in [-0.4, -0.2) is 41.5 Å². The average Bonchev–Trinajstić information content (AvgIpc) is 2.10. The Labute approximate surface area is 109 Å². The molecule has 136 valence electrons. The summed E-state index contributed by atoms with van der Waals surface area (Å²) in [5.41, 5.74) is 0. The van der Waals surface area contributed by atoms with E-state index >= 15 is 0 Å². The number of hydrogen-bond donors (Lipinski definition) is 1. The summed E-state index contributed by atoms with van der Waals surface area (Å²) in [4.78, 5) is 0. The molecular formula is C6H2F14O2. The molecule has 0 spiro atoms. The van der Waals surface area contributed by atoms with Crippen molar-refractivity contribution in [2.45, 2.75) is 36.3 Å². The number of rotatable bonds is 4. The Morgan fingerprint density at radius 2 is 0.909 bits per heavy atom. The molecule has 0 aliphatic carbocycles. The predicted molar refractivity (Wildman–Crippen MR) is 36.6 cm³/mol. The number of hydrogen-bond acceptors (Lipinski definition) is 2. The van der Waals surface area contributed by atoms with Crippen molar-refractivity contribution in [3.8, 4) is 0 Å². The number of halogens is 14. The zero-order valence-corrected chi connectivity index (χ0v) is 9.18. The maximum absolute atomic E-state index is 12.7. The summed E-state index contributed by atoms with van der Waals surface area (Å²) in [6, 6.07) is 0. The first-order valence-electron chi connectivity index (χ1n) is 4.09. The van der Waals surface area contributed by atoms with E-state index in [1.807, 2.05) is 0 Å². The lowest BCUT2D eigenvalue weighted by Gasteiger charge is -2.36. The molecule has 22 heavy (non-hydrogen) atoms. The van der Waals surface area contributed by atoms with E-state index in [4.69, 9.17) is 5.11 Å². The third-order valence-corrected chi connectivity index (χ3v) is 1.74. The molecule has 0 rings (SSSR count). The molecule has 2 nitrogen and oxygen atoms in total. The Morgan fingerprint density at radius 3 is 1.09 bits per heavy atom. The van der Waals surface area contributed by atoms with Crippen LogP contribution in [0.1, 0.15) is 0 Å². The van der Waals surface area contributed by atoms with Crippen LogP contribution in [0.15, 0.2) is 0 Å². The summed E-state index contributed by atoms with van der Waals surface area (Å²) in [6.07, 6.45) is -28.9. The highest BCUT2D eigenvalue weighted by Gasteiger charge is 2.82. The second-order valence-corrected chi connectivity index (χ2v) is 3.33. The van der Waals surface area contributed by atoms with Crippen molar-refractivity contribution in [2.24, 2.45) is 0 Å². The van der Waals surface area contributed by atoms with E-state index in [1.54, 1.807) is 0 Å². The fourth-order valence-electron chi connectivity index (χ4n) is 0.696. The van der Waals surface area contributed by atoms with Crippen molar-refractivity contribution >= 4 is 0 Å². The van der Waals surface area contributed by atoms with Crippen LogP contribution < -0.4 is 0 Å². The van der Waals surface area contributed by atoms with Crippen LogP contribution in [0.3, 0.4) is 0 Å². The van der Waals surface area contributed by atoms with Crippen molar-refractivity contribution in [2.75, 3.05) is 0 Å². The Hall–Kier alpha value is -1.06. The molecule has 0 aromatic rings. The summed E-state index contributed by atoms with van der Waals surface area (Å²) >= 11 is 0. The van der Waals surface area contributed by atoms with E-state index in [9.17, 15) is 57.1 Å².